The van der Waals surface area contributed by atoms with Gasteiger partial charge in [-0.05, 0) is 56.9 Å². The van der Waals surface area contributed by atoms with Crippen LogP contribution in [0, 0.1) is 11.6 Å². The molecule has 8 nitrogen and oxygen atoms in total. The topological polar surface area (TPSA) is 97.8 Å². The maximum Gasteiger partial charge on any atom is 0.411 e. The highest BCUT2D eigenvalue weighted by molar-refractivity contribution is 5.92. The number of aldehydes is 1. The van der Waals surface area contributed by atoms with Gasteiger partial charge in [-0.3, -0.25) is 14.7 Å². The Morgan fingerprint density at radius 3 is 2.45 bits per heavy atom. The van der Waals surface area contributed by atoms with Gasteiger partial charge in [-0.25, -0.2) is 13.6 Å². The standard InChI is InChI=1S/C32H35F2N3O5/c1-32(2,3)42-31(40)37-18-25(41-20-24(37)19-38)13-14-26-28(34)16-35-17-29(26)36-30(39)15-27(21-7-5-4-6-8-21)22-9-11-23(33)12-10-22/h4-12,16-17,19,24-25,27H,13-15,18,20H2,1-3H3,(H,36,39)/t24-,25-,27-/m1/s1. The average molecular weight is 580 g/mol. The van der Waals surface area contributed by atoms with Crippen molar-refractivity contribution in [2.75, 3.05) is 18.5 Å². The summed E-state index contributed by atoms with van der Waals surface area (Å²) in [6.45, 7) is 5.32. The second-order valence-electron chi connectivity index (χ2n) is 11.2. The lowest BCUT2D eigenvalue weighted by Gasteiger charge is -2.38. The maximum atomic E-state index is 15.0. The van der Waals surface area contributed by atoms with Crippen molar-refractivity contribution in [2.45, 2.75) is 63.7 Å². The summed E-state index contributed by atoms with van der Waals surface area (Å²) in [5, 5.41) is 2.80. The second kappa shape index (κ2) is 13.7. The Balaban J connectivity index is 1.45. The number of rotatable bonds is 9. The summed E-state index contributed by atoms with van der Waals surface area (Å²) in [6.07, 6.45) is 2.55. The normalized spacial score (nSPS) is 17.8. The van der Waals surface area contributed by atoms with Gasteiger partial charge < -0.3 is 19.6 Å². The zero-order chi connectivity index (χ0) is 30.3. The molecule has 1 saturated heterocycles. The first-order valence-corrected chi connectivity index (χ1v) is 13.8. The molecule has 2 amide bonds. The quantitative estimate of drug-likeness (QED) is 0.329. The van der Waals surface area contributed by atoms with E-state index in [1.807, 2.05) is 30.3 Å². The van der Waals surface area contributed by atoms with E-state index >= 15 is 0 Å². The summed E-state index contributed by atoms with van der Waals surface area (Å²) >= 11 is 0. The number of ether oxygens (including phenoxy) is 2. The molecule has 0 saturated carbocycles. The van der Waals surface area contributed by atoms with Gasteiger partial charge in [-0.15, -0.1) is 0 Å². The number of halogens is 2. The molecule has 4 rings (SSSR count). The number of pyridine rings is 1. The minimum atomic E-state index is -0.776. The van der Waals surface area contributed by atoms with Crippen molar-refractivity contribution in [3.63, 3.8) is 0 Å². The van der Waals surface area contributed by atoms with Gasteiger partial charge in [-0.1, -0.05) is 42.5 Å². The van der Waals surface area contributed by atoms with Crippen LogP contribution in [0.25, 0.3) is 0 Å². The van der Waals surface area contributed by atoms with Crippen molar-refractivity contribution >= 4 is 24.0 Å². The van der Waals surface area contributed by atoms with E-state index in [1.165, 1.54) is 23.2 Å². The molecule has 2 heterocycles. The van der Waals surface area contributed by atoms with E-state index in [2.05, 4.69) is 10.3 Å². The molecular weight excluding hydrogens is 544 g/mol. The average Bonchev–Trinajstić information content (AvgIpc) is 2.95. The van der Waals surface area contributed by atoms with Crippen LogP contribution in [-0.4, -0.2) is 59.1 Å². The van der Waals surface area contributed by atoms with E-state index < -0.39 is 29.7 Å². The van der Waals surface area contributed by atoms with Gasteiger partial charge in [0.15, 0.2) is 0 Å². The maximum absolute atomic E-state index is 15.0. The fourth-order valence-electron chi connectivity index (χ4n) is 4.87. The van der Waals surface area contributed by atoms with Crippen LogP contribution in [-0.2, 0) is 25.5 Å². The number of anilines is 1. The van der Waals surface area contributed by atoms with Gasteiger partial charge >= 0.3 is 6.09 Å². The Kier molecular flexibility index (Phi) is 10.0. The Morgan fingerprint density at radius 2 is 1.79 bits per heavy atom. The Labute approximate surface area is 244 Å². The number of hydrogen-bond acceptors (Lipinski definition) is 6. The highest BCUT2D eigenvalue weighted by Gasteiger charge is 2.35. The molecule has 222 valence electrons. The molecular formula is C32H35F2N3O5. The van der Waals surface area contributed by atoms with E-state index in [0.29, 0.717) is 12.7 Å². The number of carbonyl (C=O) groups is 3. The predicted molar refractivity (Wildman–Crippen MR) is 153 cm³/mol. The molecule has 3 aromatic rings. The van der Waals surface area contributed by atoms with Crippen LogP contribution >= 0.6 is 0 Å². The van der Waals surface area contributed by atoms with E-state index in [0.717, 1.165) is 17.3 Å². The molecule has 1 aliphatic heterocycles. The minimum absolute atomic E-state index is 0.0000892. The molecule has 1 aliphatic rings. The third-order valence-electron chi connectivity index (χ3n) is 6.95. The van der Waals surface area contributed by atoms with Crippen molar-refractivity contribution in [2.24, 2.45) is 0 Å². The lowest BCUT2D eigenvalue weighted by Crippen LogP contribution is -2.54. The van der Waals surface area contributed by atoms with E-state index in [4.69, 9.17) is 9.47 Å². The Morgan fingerprint density at radius 1 is 1.10 bits per heavy atom. The largest absolute Gasteiger partial charge is 0.444 e. The number of benzene rings is 2. The van der Waals surface area contributed by atoms with Crippen LogP contribution in [0.4, 0.5) is 19.3 Å². The molecule has 1 aromatic heterocycles. The number of morpholine rings is 1. The number of aromatic nitrogens is 1. The minimum Gasteiger partial charge on any atom is -0.444 e. The molecule has 0 unspecified atom stereocenters. The lowest BCUT2D eigenvalue weighted by atomic mass is 9.88. The van der Waals surface area contributed by atoms with E-state index in [-0.39, 0.29) is 54.9 Å². The highest BCUT2D eigenvalue weighted by atomic mass is 19.1. The first-order chi connectivity index (χ1) is 20.0. The van der Waals surface area contributed by atoms with Gasteiger partial charge in [-0.2, -0.15) is 0 Å². The summed E-state index contributed by atoms with van der Waals surface area (Å²) < 4.78 is 39.8. The van der Waals surface area contributed by atoms with Gasteiger partial charge in [0.25, 0.3) is 0 Å². The third kappa shape index (κ3) is 8.19. The predicted octanol–water partition coefficient (Wildman–Crippen LogP) is 5.66. The smallest absolute Gasteiger partial charge is 0.411 e. The monoisotopic (exact) mass is 579 g/mol. The molecule has 42 heavy (non-hydrogen) atoms. The van der Waals surface area contributed by atoms with Gasteiger partial charge in [0.05, 0.1) is 37.3 Å². The fourth-order valence-corrected chi connectivity index (χ4v) is 4.87. The van der Waals surface area contributed by atoms with Crippen LogP contribution in [0.1, 0.15) is 56.2 Å². The molecule has 0 bridgehead atoms. The number of carbonyl (C=O) groups excluding carboxylic acids is 3. The van der Waals surface area contributed by atoms with Gasteiger partial charge in [0.1, 0.15) is 29.6 Å². The Bertz CT molecular complexity index is 1380. The number of hydrogen-bond donors (Lipinski definition) is 1. The number of nitrogens with zero attached hydrogens (tertiary/aromatic N) is 2. The zero-order valence-corrected chi connectivity index (χ0v) is 23.9. The molecule has 0 aliphatic carbocycles. The van der Waals surface area contributed by atoms with Gasteiger partial charge in [0, 0.05) is 17.9 Å². The van der Waals surface area contributed by atoms with Crippen LogP contribution < -0.4 is 5.32 Å². The van der Waals surface area contributed by atoms with Crippen LogP contribution in [0.5, 0.6) is 0 Å². The van der Waals surface area contributed by atoms with Crippen molar-refractivity contribution in [3.8, 4) is 0 Å². The van der Waals surface area contributed by atoms with Gasteiger partial charge in [0.2, 0.25) is 5.91 Å². The summed E-state index contributed by atoms with van der Waals surface area (Å²) in [4.78, 5) is 42.7. The zero-order valence-electron chi connectivity index (χ0n) is 23.9. The first-order valence-electron chi connectivity index (χ1n) is 13.8. The summed E-state index contributed by atoms with van der Waals surface area (Å²) in [6, 6.07) is 14.6. The highest BCUT2D eigenvalue weighted by Crippen LogP contribution is 2.30. The summed E-state index contributed by atoms with van der Waals surface area (Å²) in [7, 11) is 0. The fraction of sp³-hybridized carbons (Fsp3) is 0.375. The number of amides is 2. The SMILES string of the molecule is CC(C)(C)OC(=O)N1C[C@@H](CCc2c(F)cncc2NC(=O)C[C@H](c2ccccc2)c2ccc(F)cc2)OC[C@H]1C=O. The van der Waals surface area contributed by atoms with Crippen molar-refractivity contribution in [1.29, 1.82) is 0 Å². The third-order valence-corrected chi connectivity index (χ3v) is 6.95. The second-order valence-corrected chi connectivity index (χ2v) is 11.2. The van der Waals surface area contributed by atoms with E-state index in [9.17, 15) is 23.2 Å². The van der Waals surface area contributed by atoms with Crippen LogP contribution in [0.3, 0.4) is 0 Å². The Hall–Kier alpha value is -4.18. The number of nitrogens with one attached hydrogen (secondary N) is 1. The molecule has 0 radical (unpaired) electrons. The summed E-state index contributed by atoms with van der Waals surface area (Å²) in [5.74, 6) is -1.67. The van der Waals surface area contributed by atoms with E-state index in [1.54, 1.807) is 32.9 Å². The summed E-state index contributed by atoms with van der Waals surface area (Å²) in [5.41, 5.74) is 1.40. The molecule has 10 heteroatoms. The van der Waals surface area contributed by atoms with Crippen molar-refractivity contribution in [3.05, 3.63) is 95.3 Å². The van der Waals surface area contributed by atoms with Crippen LogP contribution in [0.15, 0.2) is 67.0 Å². The molecule has 2 aromatic carbocycles. The first kappa shape index (κ1) is 30.8. The van der Waals surface area contributed by atoms with Crippen molar-refractivity contribution in [1.82, 2.24) is 9.88 Å². The lowest BCUT2D eigenvalue weighted by molar-refractivity contribution is -0.123. The molecule has 1 fully saturated rings. The molecule has 0 spiro atoms. The molecule has 1 N–H and O–H groups in total. The molecule has 3 atom stereocenters. The van der Waals surface area contributed by atoms with Crippen molar-refractivity contribution < 1.29 is 32.6 Å². The van der Waals surface area contributed by atoms with Crippen LogP contribution in [0.2, 0.25) is 0 Å².